The molecule has 4 heterocycles. The Kier molecular flexibility index (Phi) is 5.50. The first-order valence-corrected chi connectivity index (χ1v) is 12.5. The molecule has 0 amide bonds. The molecule has 0 saturated heterocycles. The fourth-order valence-electron chi connectivity index (χ4n) is 5.56. The SMILES string of the molecule is [Pt+4].[c-]1c(-n2c3[c-]c(N4C=CC[N-]4)ccc3c3ccccc32)ccc2c3ccccc3n(C3=CC=CC[N-]3)c12. The van der Waals surface area contributed by atoms with Gasteiger partial charge in [0.05, 0.1) is 0 Å². The van der Waals surface area contributed by atoms with Crippen molar-refractivity contribution in [3.05, 3.63) is 126 Å². The molecular weight excluding hydrogens is 649 g/mol. The molecule has 0 saturated carbocycles. The molecule has 6 aromatic rings. The zero-order chi connectivity index (χ0) is 24.3. The molecule has 6 heteroatoms. The first-order valence-electron chi connectivity index (χ1n) is 12.5. The Balaban J connectivity index is 0.00000242. The molecule has 2 aliphatic rings. The van der Waals surface area contributed by atoms with Crippen molar-refractivity contribution in [1.29, 1.82) is 0 Å². The fraction of sp³-hybridized carbons (Fsp3) is 0.0625. The maximum atomic E-state index is 4.80. The van der Waals surface area contributed by atoms with E-state index in [0.717, 1.165) is 50.0 Å². The molecule has 2 aromatic heterocycles. The van der Waals surface area contributed by atoms with Crippen LogP contribution >= 0.6 is 0 Å². The van der Waals surface area contributed by atoms with E-state index in [1.165, 1.54) is 10.8 Å². The van der Waals surface area contributed by atoms with Crippen molar-refractivity contribution in [2.24, 2.45) is 0 Å². The summed E-state index contributed by atoms with van der Waals surface area (Å²) in [5.74, 6) is 0.931. The van der Waals surface area contributed by atoms with Crippen LogP contribution in [0.2, 0.25) is 0 Å². The van der Waals surface area contributed by atoms with E-state index in [9.17, 15) is 0 Å². The van der Waals surface area contributed by atoms with Crippen molar-refractivity contribution in [2.45, 2.75) is 0 Å². The number of para-hydroxylation sites is 2. The van der Waals surface area contributed by atoms with Gasteiger partial charge in [-0.1, -0.05) is 94.9 Å². The third kappa shape index (κ3) is 3.39. The molecule has 0 aliphatic carbocycles. The van der Waals surface area contributed by atoms with E-state index >= 15 is 0 Å². The third-order valence-electron chi connectivity index (χ3n) is 7.18. The van der Waals surface area contributed by atoms with E-state index in [0.29, 0.717) is 13.1 Å². The monoisotopic (exact) mass is 670 g/mol. The molecular formula is C32H21N5Pt. The molecule has 0 bridgehead atoms. The van der Waals surface area contributed by atoms with Gasteiger partial charge in [-0.05, 0) is 29.7 Å². The Labute approximate surface area is 234 Å². The Hall–Kier alpha value is -4.05. The topological polar surface area (TPSA) is 41.3 Å². The van der Waals surface area contributed by atoms with Crippen LogP contribution in [0.4, 0.5) is 5.69 Å². The van der Waals surface area contributed by atoms with E-state index in [1.54, 1.807) is 0 Å². The number of fused-ring (bicyclic) bond motifs is 6. The zero-order valence-electron chi connectivity index (χ0n) is 20.3. The van der Waals surface area contributed by atoms with Crippen molar-refractivity contribution in [1.82, 2.24) is 9.13 Å². The third-order valence-corrected chi connectivity index (χ3v) is 7.18. The number of allylic oxidation sites excluding steroid dienone is 2. The zero-order valence-corrected chi connectivity index (χ0v) is 22.6. The Bertz CT molecular complexity index is 1960. The van der Waals surface area contributed by atoms with E-state index in [4.69, 9.17) is 5.32 Å². The summed E-state index contributed by atoms with van der Waals surface area (Å²) in [5, 5.41) is 11.4. The number of hydrogen-bond acceptors (Lipinski definition) is 1. The van der Waals surface area contributed by atoms with Gasteiger partial charge in [0.1, 0.15) is 0 Å². The van der Waals surface area contributed by atoms with Gasteiger partial charge in [0, 0.05) is 5.52 Å². The first-order chi connectivity index (χ1) is 18.4. The summed E-state index contributed by atoms with van der Waals surface area (Å²) in [6, 6.07) is 33.1. The van der Waals surface area contributed by atoms with Gasteiger partial charge in [0.15, 0.2) is 0 Å². The molecule has 0 N–H and O–H groups in total. The maximum Gasteiger partial charge on any atom is 4.00 e. The summed E-state index contributed by atoms with van der Waals surface area (Å²) >= 11 is 0. The van der Waals surface area contributed by atoms with Crippen LogP contribution in [-0.2, 0) is 21.1 Å². The van der Waals surface area contributed by atoms with Crippen molar-refractivity contribution in [3.8, 4) is 5.69 Å². The Morgan fingerprint density at radius 2 is 1.29 bits per heavy atom. The van der Waals surface area contributed by atoms with Gasteiger partial charge < -0.3 is 24.9 Å². The van der Waals surface area contributed by atoms with Crippen LogP contribution in [0.5, 0.6) is 0 Å². The maximum absolute atomic E-state index is 4.80. The summed E-state index contributed by atoms with van der Waals surface area (Å²) in [7, 11) is 0. The predicted molar refractivity (Wildman–Crippen MR) is 153 cm³/mol. The average molecular weight is 671 g/mol. The molecule has 2 aliphatic heterocycles. The van der Waals surface area contributed by atoms with Crippen molar-refractivity contribution >= 4 is 55.1 Å². The molecule has 0 spiro atoms. The predicted octanol–water partition coefficient (Wildman–Crippen LogP) is 7.85. The van der Waals surface area contributed by atoms with Crippen molar-refractivity contribution in [2.75, 3.05) is 18.1 Å². The smallest absolute Gasteiger partial charge is 0.562 e. The minimum Gasteiger partial charge on any atom is -0.562 e. The molecule has 0 fully saturated rings. The van der Waals surface area contributed by atoms with Crippen LogP contribution < -0.4 is 5.01 Å². The summed E-state index contributed by atoms with van der Waals surface area (Å²) in [4.78, 5) is 0. The van der Waals surface area contributed by atoms with Gasteiger partial charge in [0.2, 0.25) is 0 Å². The van der Waals surface area contributed by atoms with Crippen LogP contribution in [0.15, 0.2) is 103 Å². The van der Waals surface area contributed by atoms with E-state index in [2.05, 4.69) is 118 Å². The summed E-state index contributed by atoms with van der Waals surface area (Å²) in [5.41, 5.74) is 10.7. The van der Waals surface area contributed by atoms with E-state index in [-0.39, 0.29) is 21.1 Å². The standard InChI is InChI=1S/C32H21N5.Pt/c1-3-10-28-24(8-1)26-15-13-22(35-19-7-18-34-35)20-30(26)36(28)23-14-16-27-25-9-2-4-11-29(25)37(31(27)21-23)32-12-5-6-17-33-32;/h1-16,19H,17-18H2;/q-4;+4. The molecule has 0 atom stereocenters. The second kappa shape index (κ2) is 9.05. The van der Waals surface area contributed by atoms with E-state index < -0.39 is 0 Å². The largest absolute Gasteiger partial charge is 4.00 e. The normalized spacial score (nSPS) is 14.9. The van der Waals surface area contributed by atoms with Gasteiger partial charge >= 0.3 is 21.1 Å². The van der Waals surface area contributed by atoms with Gasteiger partial charge in [0.25, 0.3) is 0 Å². The fourth-order valence-corrected chi connectivity index (χ4v) is 5.56. The van der Waals surface area contributed by atoms with Crippen molar-refractivity contribution < 1.29 is 21.1 Å². The number of hydrogen-bond donors (Lipinski definition) is 0. The minimum absolute atomic E-state index is 0. The number of anilines is 1. The first kappa shape index (κ1) is 23.1. The van der Waals surface area contributed by atoms with Gasteiger partial charge in [-0.3, -0.25) is 0 Å². The summed E-state index contributed by atoms with van der Waals surface area (Å²) in [6.07, 6.45) is 10.3. The van der Waals surface area contributed by atoms with Crippen LogP contribution in [0, 0.1) is 12.1 Å². The number of benzene rings is 4. The number of aromatic nitrogens is 2. The molecule has 0 unspecified atom stereocenters. The van der Waals surface area contributed by atoms with E-state index in [1.807, 2.05) is 17.3 Å². The van der Waals surface area contributed by atoms with Crippen LogP contribution in [0.3, 0.4) is 0 Å². The van der Waals surface area contributed by atoms with Crippen LogP contribution in [0.25, 0.3) is 65.9 Å². The number of rotatable bonds is 3. The molecule has 184 valence electrons. The molecule has 4 aromatic carbocycles. The molecule has 8 rings (SSSR count). The Morgan fingerprint density at radius 1 is 0.632 bits per heavy atom. The van der Waals surface area contributed by atoms with Gasteiger partial charge in [-0.2, -0.15) is 18.2 Å². The molecule has 0 radical (unpaired) electrons. The average Bonchev–Trinajstić information content (AvgIpc) is 3.68. The van der Waals surface area contributed by atoms with Gasteiger partial charge in [-0.25, -0.2) is 0 Å². The summed E-state index contributed by atoms with van der Waals surface area (Å²) < 4.78 is 4.50. The van der Waals surface area contributed by atoms with Crippen LogP contribution in [0.1, 0.15) is 0 Å². The molecule has 5 nitrogen and oxygen atoms in total. The van der Waals surface area contributed by atoms with Gasteiger partial charge in [-0.15, -0.1) is 41.0 Å². The molecule has 38 heavy (non-hydrogen) atoms. The van der Waals surface area contributed by atoms with Crippen LogP contribution in [-0.4, -0.2) is 22.2 Å². The number of nitrogens with zero attached hydrogens (tertiary/aromatic N) is 5. The second-order valence-electron chi connectivity index (χ2n) is 9.26. The quantitative estimate of drug-likeness (QED) is 0.177. The minimum atomic E-state index is 0. The Morgan fingerprint density at radius 3 is 1.97 bits per heavy atom. The van der Waals surface area contributed by atoms with Crippen molar-refractivity contribution in [3.63, 3.8) is 0 Å². The second-order valence-corrected chi connectivity index (χ2v) is 9.26. The summed E-state index contributed by atoms with van der Waals surface area (Å²) in [6.45, 7) is 1.38.